The lowest BCUT2D eigenvalue weighted by Gasteiger charge is -2.36. The Labute approximate surface area is 315 Å². The second-order valence-corrected chi connectivity index (χ2v) is 21.9. The largest absolute Gasteiger partial charge is 0.417 e. The van der Waals surface area contributed by atoms with Gasteiger partial charge >= 0.3 is 0 Å². The number of allylic oxidation sites excluding steroid dienone is 4. The smallest absolute Gasteiger partial charge is 0.191 e. The SMILES string of the molecule is CCCCCCCC/C=C\CCCCCCC(O)CN(CCCO[Si](C)(C)C(C)(C)C)CC(O)CCCCCC/C=C\CCCCCCCC. The molecule has 0 bridgehead atoms. The summed E-state index contributed by atoms with van der Waals surface area (Å²) >= 11 is 0. The van der Waals surface area contributed by atoms with E-state index < -0.39 is 8.32 Å². The zero-order valence-electron chi connectivity index (χ0n) is 35.1. The third kappa shape index (κ3) is 32.2. The molecule has 0 aromatic heterocycles. The van der Waals surface area contributed by atoms with E-state index in [0.717, 1.165) is 45.3 Å². The maximum atomic E-state index is 11.0. The molecule has 0 fully saturated rings. The molecule has 4 nitrogen and oxygen atoms in total. The molecule has 0 aliphatic rings. The van der Waals surface area contributed by atoms with Crippen LogP contribution in [0.1, 0.15) is 208 Å². The molecule has 0 saturated heterocycles. The summed E-state index contributed by atoms with van der Waals surface area (Å²) in [6.07, 6.45) is 42.5. The molecule has 0 spiro atoms. The summed E-state index contributed by atoms with van der Waals surface area (Å²) in [4.78, 5) is 2.31. The Kier molecular flexibility index (Phi) is 34.0. The summed E-state index contributed by atoms with van der Waals surface area (Å²) in [6, 6.07) is 0. The molecule has 298 valence electrons. The molecule has 0 aromatic rings. The first-order valence-electron chi connectivity index (χ1n) is 22.1. The van der Waals surface area contributed by atoms with Crippen molar-refractivity contribution in [1.82, 2.24) is 4.90 Å². The molecule has 0 aromatic carbocycles. The van der Waals surface area contributed by atoms with Gasteiger partial charge in [0, 0.05) is 26.2 Å². The van der Waals surface area contributed by atoms with E-state index in [4.69, 9.17) is 4.43 Å². The van der Waals surface area contributed by atoms with Gasteiger partial charge in [-0.05, 0) is 88.8 Å². The van der Waals surface area contributed by atoms with E-state index in [0.29, 0.717) is 13.1 Å². The number of aliphatic hydroxyl groups excluding tert-OH is 2. The van der Waals surface area contributed by atoms with Crippen molar-refractivity contribution >= 4 is 8.32 Å². The Morgan fingerprint density at radius 1 is 0.520 bits per heavy atom. The van der Waals surface area contributed by atoms with Gasteiger partial charge in [-0.3, -0.25) is 4.90 Å². The molecule has 0 radical (unpaired) electrons. The first-order valence-corrected chi connectivity index (χ1v) is 25.0. The van der Waals surface area contributed by atoms with E-state index in [-0.39, 0.29) is 17.2 Å². The van der Waals surface area contributed by atoms with E-state index in [1.165, 1.54) is 141 Å². The second-order valence-electron chi connectivity index (χ2n) is 17.1. The van der Waals surface area contributed by atoms with Gasteiger partial charge < -0.3 is 14.6 Å². The van der Waals surface area contributed by atoms with Crippen LogP contribution in [-0.4, -0.2) is 61.9 Å². The number of nitrogens with zero attached hydrogens (tertiary/aromatic N) is 1. The van der Waals surface area contributed by atoms with Gasteiger partial charge in [-0.1, -0.05) is 162 Å². The van der Waals surface area contributed by atoms with E-state index in [1.54, 1.807) is 0 Å². The minimum absolute atomic E-state index is 0.215. The van der Waals surface area contributed by atoms with Crippen molar-refractivity contribution in [2.24, 2.45) is 0 Å². The van der Waals surface area contributed by atoms with Crippen molar-refractivity contribution in [3.8, 4) is 0 Å². The van der Waals surface area contributed by atoms with Crippen molar-refractivity contribution in [2.45, 2.75) is 238 Å². The number of hydrogen-bond acceptors (Lipinski definition) is 4. The maximum Gasteiger partial charge on any atom is 0.191 e. The number of rotatable bonds is 37. The Hall–Kier alpha value is -0.463. The van der Waals surface area contributed by atoms with Crippen LogP contribution >= 0.6 is 0 Å². The van der Waals surface area contributed by atoms with Gasteiger partial charge in [0.2, 0.25) is 0 Å². The fourth-order valence-corrected chi connectivity index (χ4v) is 7.50. The molecule has 0 amide bonds. The van der Waals surface area contributed by atoms with Crippen molar-refractivity contribution in [1.29, 1.82) is 0 Å². The number of aliphatic hydroxyl groups is 2. The van der Waals surface area contributed by atoms with Crippen LogP contribution in [-0.2, 0) is 4.43 Å². The fourth-order valence-electron chi connectivity index (χ4n) is 6.42. The number of hydrogen-bond donors (Lipinski definition) is 2. The molecule has 0 aliphatic heterocycles. The van der Waals surface area contributed by atoms with Crippen molar-refractivity contribution in [3.05, 3.63) is 24.3 Å². The zero-order valence-corrected chi connectivity index (χ0v) is 36.1. The van der Waals surface area contributed by atoms with E-state index >= 15 is 0 Å². The number of unbranched alkanes of at least 4 members (excludes halogenated alkanes) is 20. The summed E-state index contributed by atoms with van der Waals surface area (Å²) < 4.78 is 6.45. The standard InChI is InChI=1S/C45H91NO3Si/c1-8-10-12-14-16-18-20-22-24-26-28-30-32-34-37-43(47)41-46(39-36-40-49-50(6,7)45(3,4)5)42-44(48)38-35-33-31-29-27-25-23-21-19-17-15-13-11-9-2/h22-25,43-44,47-48H,8-21,26-42H2,1-7H3/b24-22-,25-23-. The molecule has 0 saturated carbocycles. The van der Waals surface area contributed by atoms with Crippen molar-refractivity contribution in [3.63, 3.8) is 0 Å². The van der Waals surface area contributed by atoms with Crippen LogP contribution in [0.15, 0.2) is 24.3 Å². The maximum absolute atomic E-state index is 11.0. The molecule has 5 heteroatoms. The average Bonchev–Trinajstić information content (AvgIpc) is 3.06. The molecular formula is C45H91NO3Si. The molecule has 0 rings (SSSR count). The average molecular weight is 722 g/mol. The lowest BCUT2D eigenvalue weighted by atomic mass is 10.1. The third-order valence-corrected chi connectivity index (χ3v) is 15.5. The second kappa shape index (κ2) is 34.3. The lowest BCUT2D eigenvalue weighted by molar-refractivity contribution is 0.0576. The van der Waals surface area contributed by atoms with Crippen LogP contribution in [0.2, 0.25) is 18.1 Å². The molecule has 2 atom stereocenters. The highest BCUT2D eigenvalue weighted by Crippen LogP contribution is 2.36. The lowest BCUT2D eigenvalue weighted by Crippen LogP contribution is -2.42. The summed E-state index contributed by atoms with van der Waals surface area (Å²) in [5.41, 5.74) is 0. The minimum atomic E-state index is -1.76. The van der Waals surface area contributed by atoms with E-state index in [9.17, 15) is 10.2 Å². The predicted octanol–water partition coefficient (Wildman–Crippen LogP) is 13.7. The Morgan fingerprint density at radius 3 is 1.22 bits per heavy atom. The van der Waals surface area contributed by atoms with Gasteiger partial charge in [0.1, 0.15) is 0 Å². The first-order chi connectivity index (χ1) is 24.0. The van der Waals surface area contributed by atoms with Gasteiger partial charge in [-0.15, -0.1) is 0 Å². The molecule has 2 unspecified atom stereocenters. The van der Waals surface area contributed by atoms with Crippen LogP contribution in [0.25, 0.3) is 0 Å². The predicted molar refractivity (Wildman–Crippen MR) is 226 cm³/mol. The van der Waals surface area contributed by atoms with Crippen LogP contribution in [0, 0.1) is 0 Å². The Morgan fingerprint density at radius 2 is 0.860 bits per heavy atom. The highest BCUT2D eigenvalue weighted by atomic mass is 28.4. The van der Waals surface area contributed by atoms with Crippen LogP contribution in [0.5, 0.6) is 0 Å². The molecular weight excluding hydrogens is 631 g/mol. The van der Waals surface area contributed by atoms with Gasteiger partial charge in [0.05, 0.1) is 12.2 Å². The Balaban J connectivity index is 4.34. The highest BCUT2D eigenvalue weighted by Gasteiger charge is 2.36. The molecule has 50 heavy (non-hydrogen) atoms. The zero-order chi connectivity index (χ0) is 37.2. The summed E-state index contributed by atoms with van der Waals surface area (Å²) in [5.74, 6) is 0. The first kappa shape index (κ1) is 49.5. The summed E-state index contributed by atoms with van der Waals surface area (Å²) in [7, 11) is -1.76. The van der Waals surface area contributed by atoms with Gasteiger partial charge in [0.25, 0.3) is 0 Å². The minimum Gasteiger partial charge on any atom is -0.417 e. The van der Waals surface area contributed by atoms with Gasteiger partial charge in [-0.25, -0.2) is 0 Å². The van der Waals surface area contributed by atoms with E-state index in [2.05, 4.69) is 76.9 Å². The quantitative estimate of drug-likeness (QED) is 0.0381. The van der Waals surface area contributed by atoms with E-state index in [1.807, 2.05) is 0 Å². The molecule has 0 aliphatic carbocycles. The monoisotopic (exact) mass is 722 g/mol. The van der Waals surface area contributed by atoms with Crippen molar-refractivity contribution in [2.75, 3.05) is 26.2 Å². The van der Waals surface area contributed by atoms with Crippen molar-refractivity contribution < 1.29 is 14.6 Å². The van der Waals surface area contributed by atoms with Crippen LogP contribution < -0.4 is 0 Å². The normalized spacial score (nSPS) is 14.1. The van der Waals surface area contributed by atoms with Crippen LogP contribution in [0.3, 0.4) is 0 Å². The van der Waals surface area contributed by atoms with Gasteiger partial charge in [0.15, 0.2) is 8.32 Å². The topological polar surface area (TPSA) is 52.9 Å². The van der Waals surface area contributed by atoms with Crippen LogP contribution in [0.4, 0.5) is 0 Å². The summed E-state index contributed by atoms with van der Waals surface area (Å²) in [5, 5.41) is 22.1. The molecule has 2 N–H and O–H groups in total. The fraction of sp³-hybridized carbons (Fsp3) is 0.911. The highest BCUT2D eigenvalue weighted by molar-refractivity contribution is 6.74. The molecule has 0 heterocycles. The summed E-state index contributed by atoms with van der Waals surface area (Å²) in [6.45, 7) is 19.0. The third-order valence-electron chi connectivity index (χ3n) is 10.9. The van der Waals surface area contributed by atoms with Gasteiger partial charge in [-0.2, -0.15) is 0 Å². The Bertz CT molecular complexity index is 716.